The average Bonchev–Trinajstić information content (AvgIpc) is 2.20. The molecule has 0 unspecified atom stereocenters. The lowest BCUT2D eigenvalue weighted by atomic mass is 10.3. The van der Waals surface area contributed by atoms with Crippen LogP contribution < -0.4 is 5.32 Å². The summed E-state index contributed by atoms with van der Waals surface area (Å²) in [5, 5.41) is 11.2. The van der Waals surface area contributed by atoms with Gasteiger partial charge in [0, 0.05) is 33.2 Å². The maximum absolute atomic E-state index is 11.1. The van der Waals surface area contributed by atoms with Crippen LogP contribution in [0.1, 0.15) is 0 Å². The van der Waals surface area contributed by atoms with E-state index in [-0.39, 0.29) is 12.5 Å². The van der Waals surface area contributed by atoms with Gasteiger partial charge < -0.3 is 10.4 Å². The van der Waals surface area contributed by atoms with Crippen molar-refractivity contribution in [3.63, 3.8) is 0 Å². The van der Waals surface area contributed by atoms with Crippen LogP contribution in [0, 0.1) is 0 Å². The first-order valence-corrected chi connectivity index (χ1v) is 4.99. The van der Waals surface area contributed by atoms with Crippen LogP contribution in [0.4, 0.5) is 0 Å². The molecule has 0 aromatic heterocycles. The number of hydrogen-bond acceptors (Lipinski definition) is 4. The van der Waals surface area contributed by atoms with Crippen LogP contribution >= 0.6 is 0 Å². The molecule has 0 radical (unpaired) electrons. The molecule has 0 spiro atoms. The quantitative estimate of drug-likeness (QED) is 0.593. The predicted octanol–water partition coefficient (Wildman–Crippen LogP) is -1.57. The molecule has 1 amide bonds. The summed E-state index contributed by atoms with van der Waals surface area (Å²) < 4.78 is 0. The minimum atomic E-state index is -0.797. The van der Waals surface area contributed by atoms with Gasteiger partial charge in [-0.25, -0.2) is 0 Å². The monoisotopic (exact) mass is 215 g/mol. The molecule has 0 atom stereocenters. The summed E-state index contributed by atoms with van der Waals surface area (Å²) in [4.78, 5) is 25.4. The van der Waals surface area contributed by atoms with Crippen molar-refractivity contribution >= 4 is 11.9 Å². The molecule has 0 aromatic rings. The van der Waals surface area contributed by atoms with E-state index in [9.17, 15) is 9.59 Å². The van der Waals surface area contributed by atoms with Crippen LogP contribution in [0.5, 0.6) is 0 Å². The summed E-state index contributed by atoms with van der Waals surface area (Å²) in [5.74, 6) is -0.795. The number of aliphatic carboxylic acids is 1. The maximum atomic E-state index is 11.1. The van der Waals surface area contributed by atoms with Gasteiger partial charge in [-0.15, -0.1) is 0 Å². The van der Waals surface area contributed by atoms with Gasteiger partial charge in [-0.05, 0) is 0 Å². The lowest BCUT2D eigenvalue weighted by Crippen LogP contribution is -2.50. The molecule has 2 N–H and O–H groups in total. The Bertz CT molecular complexity index is 237. The highest BCUT2D eigenvalue weighted by atomic mass is 16.4. The molecule has 0 bridgehead atoms. The molecule has 0 aromatic carbocycles. The second-order valence-electron chi connectivity index (χ2n) is 3.62. The molecule has 6 heteroatoms. The summed E-state index contributed by atoms with van der Waals surface area (Å²) >= 11 is 0. The van der Waals surface area contributed by atoms with E-state index in [1.54, 1.807) is 7.05 Å². The van der Waals surface area contributed by atoms with Crippen molar-refractivity contribution in [2.24, 2.45) is 0 Å². The summed E-state index contributed by atoms with van der Waals surface area (Å²) in [5.41, 5.74) is 0. The highest BCUT2D eigenvalue weighted by molar-refractivity contribution is 5.77. The van der Waals surface area contributed by atoms with Gasteiger partial charge in [0.1, 0.15) is 0 Å². The molecule has 1 rings (SSSR count). The molecule has 0 saturated carbocycles. The molecule has 1 fully saturated rings. The molecule has 0 aliphatic carbocycles. The number of carbonyl (C=O) groups is 2. The molecule has 15 heavy (non-hydrogen) atoms. The Labute approximate surface area is 88.8 Å². The largest absolute Gasteiger partial charge is 0.480 e. The molecule has 1 aliphatic heterocycles. The number of carboxylic acids is 1. The van der Waals surface area contributed by atoms with E-state index in [0.717, 1.165) is 13.1 Å². The number of carbonyl (C=O) groups excluding carboxylic acids is 1. The Balaban J connectivity index is 2.23. The van der Waals surface area contributed by atoms with Gasteiger partial charge in [-0.1, -0.05) is 0 Å². The standard InChI is InChI=1S/C9H17N3O3/c1-10-8(13)6-11-2-4-12(5-3-11)7-9(14)15/h2-7H2,1H3,(H,10,13)(H,14,15). The second kappa shape index (κ2) is 5.67. The molecule has 1 aliphatic rings. The number of carboxylic acid groups (broad SMARTS) is 1. The Morgan fingerprint density at radius 3 is 2.00 bits per heavy atom. The van der Waals surface area contributed by atoms with Crippen molar-refractivity contribution in [2.75, 3.05) is 46.3 Å². The Kier molecular flexibility index (Phi) is 4.51. The van der Waals surface area contributed by atoms with E-state index >= 15 is 0 Å². The second-order valence-corrected chi connectivity index (χ2v) is 3.62. The number of amides is 1. The number of likely N-dealkylation sites (N-methyl/N-ethyl adjacent to an activating group) is 1. The van der Waals surface area contributed by atoms with Crippen LogP contribution in [0.3, 0.4) is 0 Å². The van der Waals surface area contributed by atoms with E-state index in [1.807, 2.05) is 9.80 Å². The fourth-order valence-corrected chi connectivity index (χ4v) is 1.58. The summed E-state index contributed by atoms with van der Waals surface area (Å²) in [6.07, 6.45) is 0. The Morgan fingerprint density at radius 2 is 1.60 bits per heavy atom. The number of nitrogens with one attached hydrogen (secondary N) is 1. The first kappa shape index (κ1) is 11.9. The van der Waals surface area contributed by atoms with Gasteiger partial charge >= 0.3 is 5.97 Å². The normalized spacial score (nSPS) is 18.7. The summed E-state index contributed by atoms with van der Waals surface area (Å²) in [6, 6.07) is 0. The third-order valence-corrected chi connectivity index (χ3v) is 2.47. The fourth-order valence-electron chi connectivity index (χ4n) is 1.58. The van der Waals surface area contributed by atoms with E-state index in [4.69, 9.17) is 5.11 Å². The van der Waals surface area contributed by atoms with E-state index < -0.39 is 5.97 Å². The highest BCUT2D eigenvalue weighted by Gasteiger charge is 2.19. The first-order chi connectivity index (χ1) is 7.11. The average molecular weight is 215 g/mol. The maximum Gasteiger partial charge on any atom is 0.317 e. The van der Waals surface area contributed by atoms with Gasteiger partial charge in [0.05, 0.1) is 13.1 Å². The van der Waals surface area contributed by atoms with Gasteiger partial charge in [0.15, 0.2) is 0 Å². The number of piperazine rings is 1. The van der Waals surface area contributed by atoms with Crippen molar-refractivity contribution in [3.05, 3.63) is 0 Å². The van der Waals surface area contributed by atoms with Crippen LogP contribution in [0.25, 0.3) is 0 Å². The van der Waals surface area contributed by atoms with Gasteiger partial charge in [-0.3, -0.25) is 19.4 Å². The zero-order valence-corrected chi connectivity index (χ0v) is 8.90. The molecule has 1 saturated heterocycles. The van der Waals surface area contributed by atoms with E-state index in [1.165, 1.54) is 0 Å². The minimum Gasteiger partial charge on any atom is -0.480 e. The SMILES string of the molecule is CNC(=O)CN1CCN(CC(=O)O)CC1. The van der Waals surface area contributed by atoms with Gasteiger partial charge in [-0.2, -0.15) is 0 Å². The van der Waals surface area contributed by atoms with Crippen LogP contribution in [-0.2, 0) is 9.59 Å². The third kappa shape index (κ3) is 4.26. The molecular formula is C9H17N3O3. The van der Waals surface area contributed by atoms with Crippen LogP contribution in [-0.4, -0.2) is 73.1 Å². The Morgan fingerprint density at radius 1 is 1.13 bits per heavy atom. The number of nitrogens with zero attached hydrogens (tertiary/aromatic N) is 2. The number of rotatable bonds is 4. The summed E-state index contributed by atoms with van der Waals surface area (Å²) in [7, 11) is 1.61. The predicted molar refractivity (Wildman–Crippen MR) is 54.6 cm³/mol. The van der Waals surface area contributed by atoms with Crippen LogP contribution in [0.2, 0.25) is 0 Å². The van der Waals surface area contributed by atoms with E-state index in [0.29, 0.717) is 19.6 Å². The van der Waals surface area contributed by atoms with Gasteiger partial charge in [0.25, 0.3) is 0 Å². The topological polar surface area (TPSA) is 72.9 Å². The third-order valence-electron chi connectivity index (χ3n) is 2.47. The number of hydrogen-bond donors (Lipinski definition) is 2. The molecule has 1 heterocycles. The van der Waals surface area contributed by atoms with E-state index in [2.05, 4.69) is 5.32 Å². The fraction of sp³-hybridized carbons (Fsp3) is 0.778. The van der Waals surface area contributed by atoms with Crippen molar-refractivity contribution in [2.45, 2.75) is 0 Å². The van der Waals surface area contributed by atoms with Crippen molar-refractivity contribution in [1.82, 2.24) is 15.1 Å². The lowest BCUT2D eigenvalue weighted by molar-refractivity contribution is -0.139. The van der Waals surface area contributed by atoms with Crippen molar-refractivity contribution < 1.29 is 14.7 Å². The first-order valence-electron chi connectivity index (χ1n) is 4.99. The molecule has 6 nitrogen and oxygen atoms in total. The molecular weight excluding hydrogens is 198 g/mol. The Hall–Kier alpha value is -1.14. The zero-order chi connectivity index (χ0) is 11.3. The van der Waals surface area contributed by atoms with Crippen molar-refractivity contribution in [3.8, 4) is 0 Å². The minimum absolute atomic E-state index is 0.00156. The van der Waals surface area contributed by atoms with Crippen molar-refractivity contribution in [1.29, 1.82) is 0 Å². The summed E-state index contributed by atoms with van der Waals surface area (Å²) in [6.45, 7) is 3.42. The smallest absolute Gasteiger partial charge is 0.317 e. The lowest BCUT2D eigenvalue weighted by Gasteiger charge is -2.33. The highest BCUT2D eigenvalue weighted by Crippen LogP contribution is 2.00. The van der Waals surface area contributed by atoms with Gasteiger partial charge in [0.2, 0.25) is 5.91 Å². The zero-order valence-electron chi connectivity index (χ0n) is 8.90. The van der Waals surface area contributed by atoms with Crippen LogP contribution in [0.15, 0.2) is 0 Å². The molecule has 86 valence electrons.